The van der Waals surface area contributed by atoms with Crippen molar-refractivity contribution < 1.29 is 0 Å². The van der Waals surface area contributed by atoms with Gasteiger partial charge >= 0.3 is 0 Å². The summed E-state index contributed by atoms with van der Waals surface area (Å²) in [6.45, 7) is 7.58. The average Bonchev–Trinajstić information content (AvgIpc) is 2.49. The molecule has 1 N–H and O–H groups in total. The van der Waals surface area contributed by atoms with Crippen LogP contribution >= 0.6 is 0 Å². The van der Waals surface area contributed by atoms with E-state index in [4.69, 9.17) is 0 Å². The summed E-state index contributed by atoms with van der Waals surface area (Å²) in [5.74, 6) is 0.513. The Labute approximate surface area is 123 Å². The molecule has 0 heterocycles. The lowest BCUT2D eigenvalue weighted by atomic mass is 9.85. The van der Waals surface area contributed by atoms with Crippen LogP contribution in [0.25, 0.3) is 0 Å². The molecule has 1 heteroatoms. The van der Waals surface area contributed by atoms with Crippen molar-refractivity contribution in [3.05, 3.63) is 71.3 Å². The van der Waals surface area contributed by atoms with Crippen LogP contribution in [0.1, 0.15) is 48.9 Å². The van der Waals surface area contributed by atoms with Gasteiger partial charge in [-0.2, -0.15) is 0 Å². The van der Waals surface area contributed by atoms with Crippen molar-refractivity contribution in [3.8, 4) is 0 Å². The average molecular weight is 267 g/mol. The monoisotopic (exact) mass is 267 g/mol. The van der Waals surface area contributed by atoms with Gasteiger partial charge in [0.25, 0.3) is 0 Å². The van der Waals surface area contributed by atoms with Gasteiger partial charge in [-0.3, -0.25) is 0 Å². The molecule has 2 aromatic carbocycles. The zero-order valence-electron chi connectivity index (χ0n) is 12.8. The fourth-order valence-electron chi connectivity index (χ4n) is 2.85. The van der Waals surface area contributed by atoms with Gasteiger partial charge in [-0.25, -0.2) is 0 Å². The molecule has 0 bridgehead atoms. The Kier molecular flexibility index (Phi) is 5.37. The largest absolute Gasteiger partial charge is 0.310 e. The van der Waals surface area contributed by atoms with Crippen LogP contribution in [0.2, 0.25) is 0 Å². The molecule has 0 radical (unpaired) electrons. The zero-order valence-corrected chi connectivity index (χ0v) is 12.8. The first-order valence-corrected chi connectivity index (χ1v) is 7.61. The Morgan fingerprint density at radius 2 is 1.50 bits per heavy atom. The minimum absolute atomic E-state index is 0.382. The van der Waals surface area contributed by atoms with Crippen LogP contribution in [0.15, 0.2) is 54.6 Å². The summed E-state index contributed by atoms with van der Waals surface area (Å²) in [4.78, 5) is 0. The molecule has 0 amide bonds. The molecule has 0 spiro atoms. The Balaban J connectivity index is 2.33. The number of rotatable bonds is 6. The molecule has 0 saturated carbocycles. The molecule has 2 rings (SSSR count). The Morgan fingerprint density at radius 3 is 2.05 bits per heavy atom. The molecule has 2 atom stereocenters. The first-order chi connectivity index (χ1) is 9.76. The van der Waals surface area contributed by atoms with E-state index in [9.17, 15) is 0 Å². The number of likely N-dealkylation sites (N-methyl/N-ethyl adjacent to an activating group) is 1. The van der Waals surface area contributed by atoms with E-state index in [2.05, 4.69) is 80.7 Å². The normalized spacial score (nSPS) is 13.9. The molecule has 106 valence electrons. The molecular weight excluding hydrogens is 242 g/mol. The van der Waals surface area contributed by atoms with Crippen LogP contribution < -0.4 is 5.32 Å². The van der Waals surface area contributed by atoms with Gasteiger partial charge in [0.05, 0.1) is 0 Å². The molecule has 2 unspecified atom stereocenters. The topological polar surface area (TPSA) is 12.0 Å². The van der Waals surface area contributed by atoms with Crippen molar-refractivity contribution in [3.63, 3.8) is 0 Å². The van der Waals surface area contributed by atoms with E-state index in [0.717, 1.165) is 13.0 Å². The summed E-state index contributed by atoms with van der Waals surface area (Å²) in [6.07, 6.45) is 1.13. The lowest BCUT2D eigenvalue weighted by Crippen LogP contribution is -2.26. The molecule has 1 nitrogen and oxygen atoms in total. The smallest absolute Gasteiger partial charge is 0.0389 e. The first kappa shape index (κ1) is 14.8. The fourth-order valence-corrected chi connectivity index (χ4v) is 2.85. The van der Waals surface area contributed by atoms with Crippen molar-refractivity contribution >= 4 is 0 Å². The van der Waals surface area contributed by atoms with E-state index in [1.807, 2.05) is 0 Å². The number of nitrogens with one attached hydrogen (secondary N) is 1. The van der Waals surface area contributed by atoms with Crippen molar-refractivity contribution in [1.82, 2.24) is 5.32 Å². The Morgan fingerprint density at radius 1 is 0.850 bits per heavy atom. The van der Waals surface area contributed by atoms with Crippen LogP contribution in [0.4, 0.5) is 0 Å². The Bertz CT molecular complexity index is 501. The van der Waals surface area contributed by atoms with E-state index in [1.165, 1.54) is 16.7 Å². The molecule has 0 fully saturated rings. The summed E-state index contributed by atoms with van der Waals surface area (Å²) in [7, 11) is 0. The fraction of sp³-hybridized carbons (Fsp3) is 0.368. The van der Waals surface area contributed by atoms with Crippen molar-refractivity contribution in [2.24, 2.45) is 0 Å². The quantitative estimate of drug-likeness (QED) is 0.789. The van der Waals surface area contributed by atoms with Crippen LogP contribution in [-0.2, 0) is 0 Å². The second-order valence-electron chi connectivity index (χ2n) is 5.37. The highest BCUT2D eigenvalue weighted by molar-refractivity contribution is 5.30. The predicted molar refractivity (Wildman–Crippen MR) is 87.1 cm³/mol. The van der Waals surface area contributed by atoms with Gasteiger partial charge in [0.15, 0.2) is 0 Å². The molecular formula is C19H25N. The summed E-state index contributed by atoms with van der Waals surface area (Å²) < 4.78 is 0. The van der Waals surface area contributed by atoms with Gasteiger partial charge in [0, 0.05) is 12.0 Å². The SMILES string of the molecule is CCNC(c1ccc(C)cc1)C(CC)c1ccccc1. The van der Waals surface area contributed by atoms with Gasteiger partial charge in [0.2, 0.25) is 0 Å². The third-order valence-corrected chi connectivity index (χ3v) is 3.93. The standard InChI is InChI=1S/C19H25N/c1-4-18(16-9-7-6-8-10-16)19(20-5-2)17-13-11-15(3)12-14-17/h6-14,18-20H,4-5H2,1-3H3. The third-order valence-electron chi connectivity index (χ3n) is 3.93. The lowest BCUT2D eigenvalue weighted by molar-refractivity contribution is 0.445. The summed E-state index contributed by atoms with van der Waals surface area (Å²) in [5.41, 5.74) is 4.12. The van der Waals surface area contributed by atoms with E-state index in [-0.39, 0.29) is 0 Å². The second kappa shape index (κ2) is 7.25. The number of benzene rings is 2. The van der Waals surface area contributed by atoms with Crippen LogP contribution in [0.5, 0.6) is 0 Å². The van der Waals surface area contributed by atoms with Crippen LogP contribution in [0, 0.1) is 6.92 Å². The molecule has 0 aliphatic heterocycles. The van der Waals surface area contributed by atoms with Gasteiger partial charge in [-0.15, -0.1) is 0 Å². The van der Waals surface area contributed by atoms with Crippen LogP contribution in [-0.4, -0.2) is 6.54 Å². The van der Waals surface area contributed by atoms with Gasteiger partial charge in [0.1, 0.15) is 0 Å². The van der Waals surface area contributed by atoms with Crippen molar-refractivity contribution in [1.29, 1.82) is 0 Å². The van der Waals surface area contributed by atoms with Gasteiger partial charge in [-0.05, 0) is 31.0 Å². The predicted octanol–water partition coefficient (Wildman–Crippen LogP) is 4.84. The van der Waals surface area contributed by atoms with E-state index < -0.39 is 0 Å². The molecule has 2 aromatic rings. The maximum atomic E-state index is 3.67. The van der Waals surface area contributed by atoms with Crippen molar-refractivity contribution in [2.75, 3.05) is 6.54 Å². The molecule has 0 saturated heterocycles. The van der Waals surface area contributed by atoms with Gasteiger partial charge < -0.3 is 5.32 Å². The Hall–Kier alpha value is -1.60. The summed E-state index contributed by atoms with van der Waals surface area (Å²) in [5, 5.41) is 3.67. The first-order valence-electron chi connectivity index (χ1n) is 7.61. The van der Waals surface area contributed by atoms with E-state index in [0.29, 0.717) is 12.0 Å². The highest BCUT2D eigenvalue weighted by Gasteiger charge is 2.22. The highest BCUT2D eigenvalue weighted by atomic mass is 14.9. The molecule has 20 heavy (non-hydrogen) atoms. The molecule has 0 aliphatic carbocycles. The summed E-state index contributed by atoms with van der Waals surface area (Å²) in [6, 6.07) is 20.2. The van der Waals surface area contributed by atoms with Gasteiger partial charge in [-0.1, -0.05) is 74.0 Å². The number of hydrogen-bond acceptors (Lipinski definition) is 1. The lowest BCUT2D eigenvalue weighted by Gasteiger charge is -2.28. The minimum atomic E-state index is 0.382. The maximum Gasteiger partial charge on any atom is 0.0389 e. The summed E-state index contributed by atoms with van der Waals surface area (Å²) >= 11 is 0. The van der Waals surface area contributed by atoms with E-state index >= 15 is 0 Å². The van der Waals surface area contributed by atoms with E-state index in [1.54, 1.807) is 0 Å². The maximum absolute atomic E-state index is 3.67. The number of hydrogen-bond donors (Lipinski definition) is 1. The minimum Gasteiger partial charge on any atom is -0.310 e. The second-order valence-corrected chi connectivity index (χ2v) is 5.37. The number of aryl methyl sites for hydroxylation is 1. The zero-order chi connectivity index (χ0) is 14.4. The van der Waals surface area contributed by atoms with Crippen LogP contribution in [0.3, 0.4) is 0 Å². The third kappa shape index (κ3) is 3.49. The molecule has 0 aromatic heterocycles. The highest BCUT2D eigenvalue weighted by Crippen LogP contribution is 2.33. The van der Waals surface area contributed by atoms with Crippen molar-refractivity contribution in [2.45, 2.75) is 39.2 Å². The molecule has 0 aliphatic rings.